The molecule has 0 unspecified atom stereocenters. The van der Waals surface area contributed by atoms with E-state index in [0.717, 1.165) is 11.1 Å². The summed E-state index contributed by atoms with van der Waals surface area (Å²) in [7, 11) is 0. The highest BCUT2D eigenvalue weighted by atomic mass is 15.3. The van der Waals surface area contributed by atoms with Gasteiger partial charge in [-0.05, 0) is 25.1 Å². The molecule has 0 bridgehead atoms. The molecule has 0 spiro atoms. The number of hydrazone groups is 1. The lowest BCUT2D eigenvalue weighted by Crippen LogP contribution is -2.21. The van der Waals surface area contributed by atoms with Crippen LogP contribution in [0, 0.1) is 23.7 Å². The Balaban J connectivity index is 2.44. The van der Waals surface area contributed by atoms with Gasteiger partial charge in [0.1, 0.15) is 6.07 Å². The van der Waals surface area contributed by atoms with Crippen molar-refractivity contribution in [3.05, 3.63) is 30.0 Å². The first-order valence-corrected chi connectivity index (χ1v) is 5.43. The summed E-state index contributed by atoms with van der Waals surface area (Å²) in [6.07, 6.45) is 0. The number of amidine groups is 1. The number of nitrogens with two attached hydrogens (primary N) is 1. The van der Waals surface area contributed by atoms with E-state index in [0.29, 0.717) is 11.2 Å². The summed E-state index contributed by atoms with van der Waals surface area (Å²) in [6.45, 7) is 1.84. The van der Waals surface area contributed by atoms with Gasteiger partial charge in [-0.3, -0.25) is 10.8 Å². The molecule has 0 aliphatic heterocycles. The van der Waals surface area contributed by atoms with E-state index >= 15 is 0 Å². The van der Waals surface area contributed by atoms with Crippen LogP contribution in [0.2, 0.25) is 0 Å². The molecule has 0 aliphatic rings. The lowest BCUT2D eigenvalue weighted by molar-refractivity contribution is 1.02. The van der Waals surface area contributed by atoms with E-state index in [4.69, 9.17) is 16.4 Å². The molecule has 0 saturated heterocycles. The van der Waals surface area contributed by atoms with Gasteiger partial charge in [0.15, 0.2) is 5.84 Å². The van der Waals surface area contributed by atoms with Crippen molar-refractivity contribution in [2.75, 3.05) is 5.43 Å². The Kier molecular flexibility index (Phi) is 3.34. The normalized spacial score (nSPS) is 11.1. The van der Waals surface area contributed by atoms with Crippen LogP contribution in [0.4, 0.5) is 5.69 Å². The van der Waals surface area contributed by atoms with Gasteiger partial charge >= 0.3 is 0 Å². The van der Waals surface area contributed by atoms with Crippen LogP contribution in [0.3, 0.4) is 0 Å². The SMILES string of the molecule is Cc1cc2c(N/N=C(\C#N)C(=N)N)cccc2nn1. The predicted octanol–water partition coefficient (Wildman–Crippen LogP) is 1.17. The van der Waals surface area contributed by atoms with E-state index in [9.17, 15) is 0 Å². The van der Waals surface area contributed by atoms with Crippen molar-refractivity contribution in [2.24, 2.45) is 10.8 Å². The van der Waals surface area contributed by atoms with E-state index in [-0.39, 0.29) is 11.5 Å². The first-order valence-electron chi connectivity index (χ1n) is 5.43. The maximum Gasteiger partial charge on any atom is 0.201 e. The van der Waals surface area contributed by atoms with E-state index in [1.54, 1.807) is 18.2 Å². The lowest BCUT2D eigenvalue weighted by Gasteiger charge is -2.05. The Labute approximate surface area is 109 Å². The Morgan fingerprint density at radius 1 is 1.47 bits per heavy atom. The van der Waals surface area contributed by atoms with Crippen molar-refractivity contribution in [2.45, 2.75) is 6.92 Å². The molecule has 0 aliphatic carbocycles. The smallest absolute Gasteiger partial charge is 0.201 e. The Morgan fingerprint density at radius 3 is 2.95 bits per heavy atom. The van der Waals surface area contributed by atoms with Gasteiger partial charge in [-0.15, -0.1) is 0 Å². The molecule has 0 amide bonds. The lowest BCUT2D eigenvalue weighted by atomic mass is 10.2. The minimum Gasteiger partial charge on any atom is -0.382 e. The predicted molar refractivity (Wildman–Crippen MR) is 72.9 cm³/mol. The maximum atomic E-state index is 8.77. The third-order valence-electron chi connectivity index (χ3n) is 2.40. The van der Waals surface area contributed by atoms with Crippen molar-refractivity contribution < 1.29 is 0 Å². The van der Waals surface area contributed by atoms with Gasteiger partial charge in [0.2, 0.25) is 5.71 Å². The van der Waals surface area contributed by atoms with Crippen LogP contribution in [0.1, 0.15) is 5.69 Å². The van der Waals surface area contributed by atoms with Crippen LogP contribution in [0.5, 0.6) is 0 Å². The summed E-state index contributed by atoms with van der Waals surface area (Å²) in [5.74, 6) is -0.383. The summed E-state index contributed by atoms with van der Waals surface area (Å²) in [4.78, 5) is 0. The van der Waals surface area contributed by atoms with Crippen molar-refractivity contribution >= 4 is 28.1 Å². The van der Waals surface area contributed by atoms with Crippen molar-refractivity contribution in [3.8, 4) is 6.07 Å². The molecular formula is C12H11N7. The average molecular weight is 253 g/mol. The summed E-state index contributed by atoms with van der Waals surface area (Å²) < 4.78 is 0. The molecular weight excluding hydrogens is 242 g/mol. The molecule has 2 aromatic rings. The highest BCUT2D eigenvalue weighted by molar-refractivity contribution is 6.45. The fraction of sp³-hybridized carbons (Fsp3) is 0.0833. The summed E-state index contributed by atoms with van der Waals surface area (Å²) >= 11 is 0. The molecule has 0 saturated carbocycles. The minimum absolute atomic E-state index is 0.171. The monoisotopic (exact) mass is 253 g/mol. The van der Waals surface area contributed by atoms with Gasteiger partial charge < -0.3 is 5.73 Å². The molecule has 4 N–H and O–H groups in total. The standard InChI is InChI=1S/C12H11N7/c1-7-5-8-9(17-16-7)3-2-4-10(8)18-19-11(6-13)12(14)15/h2-5,18H,1H3,(H3,14,15)/b19-11+. The number of anilines is 1. The molecule has 1 aromatic heterocycles. The van der Waals surface area contributed by atoms with Crippen LogP contribution in [-0.4, -0.2) is 21.7 Å². The number of nitrogens with one attached hydrogen (secondary N) is 2. The van der Waals surface area contributed by atoms with Crippen LogP contribution in [0.15, 0.2) is 29.4 Å². The van der Waals surface area contributed by atoms with E-state index in [2.05, 4.69) is 20.7 Å². The third-order valence-corrected chi connectivity index (χ3v) is 2.40. The summed E-state index contributed by atoms with van der Waals surface area (Å²) in [6, 6.07) is 9.02. The van der Waals surface area contributed by atoms with Crippen LogP contribution < -0.4 is 11.2 Å². The Hall–Kier alpha value is -3.01. The highest BCUT2D eigenvalue weighted by Gasteiger charge is 2.04. The molecule has 0 atom stereocenters. The zero-order valence-electron chi connectivity index (χ0n) is 10.2. The zero-order valence-corrected chi connectivity index (χ0v) is 10.2. The van der Waals surface area contributed by atoms with Crippen molar-refractivity contribution in [1.82, 2.24) is 10.2 Å². The van der Waals surface area contributed by atoms with Gasteiger partial charge in [-0.1, -0.05) is 6.07 Å². The van der Waals surface area contributed by atoms with E-state index in [1.807, 2.05) is 19.1 Å². The van der Waals surface area contributed by atoms with Crippen LogP contribution >= 0.6 is 0 Å². The minimum atomic E-state index is -0.383. The molecule has 7 nitrogen and oxygen atoms in total. The quantitative estimate of drug-likeness (QED) is 0.430. The van der Waals surface area contributed by atoms with Gasteiger partial charge in [0.25, 0.3) is 0 Å². The number of rotatable bonds is 3. The number of aromatic nitrogens is 2. The zero-order chi connectivity index (χ0) is 13.8. The van der Waals surface area contributed by atoms with Crippen LogP contribution in [0.25, 0.3) is 10.9 Å². The Morgan fingerprint density at radius 2 is 2.26 bits per heavy atom. The molecule has 94 valence electrons. The van der Waals surface area contributed by atoms with Crippen molar-refractivity contribution in [3.63, 3.8) is 0 Å². The van der Waals surface area contributed by atoms with E-state index < -0.39 is 0 Å². The number of hydrogen-bond acceptors (Lipinski definition) is 6. The molecule has 7 heteroatoms. The van der Waals surface area contributed by atoms with Crippen LogP contribution in [-0.2, 0) is 0 Å². The third kappa shape index (κ3) is 2.63. The number of benzene rings is 1. The number of nitriles is 1. The topological polar surface area (TPSA) is 124 Å². The fourth-order valence-electron chi connectivity index (χ4n) is 1.52. The summed E-state index contributed by atoms with van der Waals surface area (Å²) in [5.41, 5.74) is 9.93. The number of fused-ring (bicyclic) bond motifs is 1. The van der Waals surface area contributed by atoms with E-state index in [1.165, 1.54) is 0 Å². The molecule has 2 rings (SSSR count). The molecule has 0 fully saturated rings. The van der Waals surface area contributed by atoms with Gasteiger partial charge in [-0.25, -0.2) is 0 Å². The molecule has 1 aromatic carbocycles. The molecule has 1 heterocycles. The Bertz CT molecular complexity index is 712. The second-order valence-electron chi connectivity index (χ2n) is 3.82. The fourth-order valence-corrected chi connectivity index (χ4v) is 1.52. The van der Waals surface area contributed by atoms with Crippen molar-refractivity contribution in [1.29, 1.82) is 10.7 Å². The molecule has 19 heavy (non-hydrogen) atoms. The second kappa shape index (κ2) is 5.10. The van der Waals surface area contributed by atoms with Gasteiger partial charge in [-0.2, -0.15) is 20.6 Å². The second-order valence-corrected chi connectivity index (χ2v) is 3.82. The number of nitrogens with zero attached hydrogens (tertiary/aromatic N) is 4. The number of aryl methyl sites for hydroxylation is 1. The molecule has 0 radical (unpaired) electrons. The van der Waals surface area contributed by atoms with Gasteiger partial charge in [0, 0.05) is 5.39 Å². The largest absolute Gasteiger partial charge is 0.382 e. The highest BCUT2D eigenvalue weighted by Crippen LogP contribution is 2.21. The van der Waals surface area contributed by atoms with Gasteiger partial charge in [0.05, 0.1) is 16.9 Å². The average Bonchev–Trinajstić information content (AvgIpc) is 2.39. The number of hydrogen-bond donors (Lipinski definition) is 3. The maximum absolute atomic E-state index is 8.77. The summed E-state index contributed by atoms with van der Waals surface area (Å²) in [5, 5.41) is 28.6. The first kappa shape index (κ1) is 12.4. The first-order chi connectivity index (χ1) is 9.11.